The van der Waals surface area contributed by atoms with Gasteiger partial charge in [-0.05, 0) is 20.8 Å². The van der Waals surface area contributed by atoms with Crippen LogP contribution in [0.3, 0.4) is 0 Å². The Morgan fingerprint density at radius 3 is 2.15 bits per heavy atom. The second kappa shape index (κ2) is 3.56. The van der Waals surface area contributed by atoms with E-state index in [1.165, 1.54) is 0 Å². The van der Waals surface area contributed by atoms with Crippen molar-refractivity contribution < 1.29 is 14.6 Å². The highest BCUT2D eigenvalue weighted by atomic mass is 16.6. The molecular formula is C10H20O3. The normalized spacial score (nSPS) is 41.1. The SMILES string of the molecule is COC(C)(C)C1O[C@@H](C)[C@H](C)[C@@H]1O. The summed E-state index contributed by atoms with van der Waals surface area (Å²) in [5, 5.41) is 9.89. The van der Waals surface area contributed by atoms with E-state index in [9.17, 15) is 5.11 Å². The molecule has 0 saturated carbocycles. The molecule has 1 fully saturated rings. The van der Waals surface area contributed by atoms with Gasteiger partial charge in [-0.15, -0.1) is 0 Å². The summed E-state index contributed by atoms with van der Waals surface area (Å²) in [5.41, 5.74) is -0.418. The van der Waals surface area contributed by atoms with Gasteiger partial charge in [0.1, 0.15) is 6.10 Å². The summed E-state index contributed by atoms with van der Waals surface area (Å²) in [7, 11) is 1.64. The zero-order chi connectivity index (χ0) is 10.2. The summed E-state index contributed by atoms with van der Waals surface area (Å²) in [5.74, 6) is 0.180. The van der Waals surface area contributed by atoms with E-state index in [-0.39, 0.29) is 18.1 Å². The molecule has 1 N–H and O–H groups in total. The first-order valence-electron chi connectivity index (χ1n) is 4.79. The zero-order valence-corrected chi connectivity index (χ0v) is 9.07. The van der Waals surface area contributed by atoms with Crippen LogP contribution in [-0.4, -0.2) is 36.1 Å². The first-order chi connectivity index (χ1) is 5.90. The van der Waals surface area contributed by atoms with Crippen LogP contribution in [0, 0.1) is 5.92 Å². The lowest BCUT2D eigenvalue weighted by Crippen LogP contribution is -2.45. The third-order valence-corrected chi connectivity index (χ3v) is 3.16. The standard InChI is InChI=1S/C10H20O3/c1-6-7(2)13-9(8(6)11)10(3,4)12-5/h6-9,11H,1-5H3/t6-,7-,8-,9?/m0/s1. The van der Waals surface area contributed by atoms with Crippen molar-refractivity contribution in [2.75, 3.05) is 7.11 Å². The van der Waals surface area contributed by atoms with Crippen molar-refractivity contribution in [3.63, 3.8) is 0 Å². The summed E-state index contributed by atoms with van der Waals surface area (Å²) >= 11 is 0. The largest absolute Gasteiger partial charge is 0.390 e. The van der Waals surface area contributed by atoms with E-state index in [1.54, 1.807) is 7.11 Å². The van der Waals surface area contributed by atoms with E-state index in [0.29, 0.717) is 0 Å². The summed E-state index contributed by atoms with van der Waals surface area (Å²) < 4.78 is 11.0. The quantitative estimate of drug-likeness (QED) is 0.707. The third kappa shape index (κ3) is 1.87. The van der Waals surface area contributed by atoms with Crippen molar-refractivity contribution in [3.8, 4) is 0 Å². The van der Waals surface area contributed by atoms with Gasteiger partial charge in [-0.1, -0.05) is 6.92 Å². The van der Waals surface area contributed by atoms with Crippen LogP contribution < -0.4 is 0 Å². The Kier molecular flexibility index (Phi) is 3.00. The Bertz CT molecular complexity index is 179. The minimum atomic E-state index is -0.426. The molecule has 0 radical (unpaired) electrons. The number of hydrogen-bond donors (Lipinski definition) is 1. The van der Waals surface area contributed by atoms with Gasteiger partial charge in [0.25, 0.3) is 0 Å². The van der Waals surface area contributed by atoms with Crippen LogP contribution in [0.5, 0.6) is 0 Å². The van der Waals surface area contributed by atoms with Gasteiger partial charge in [-0.25, -0.2) is 0 Å². The number of ether oxygens (including phenoxy) is 2. The van der Waals surface area contributed by atoms with Crippen LogP contribution in [-0.2, 0) is 9.47 Å². The number of rotatable bonds is 2. The third-order valence-electron chi connectivity index (χ3n) is 3.16. The molecule has 0 spiro atoms. The van der Waals surface area contributed by atoms with Gasteiger partial charge in [0, 0.05) is 13.0 Å². The average Bonchev–Trinajstić information content (AvgIpc) is 2.33. The van der Waals surface area contributed by atoms with Crippen molar-refractivity contribution >= 4 is 0 Å². The van der Waals surface area contributed by atoms with Gasteiger partial charge in [0.15, 0.2) is 0 Å². The fourth-order valence-electron chi connectivity index (χ4n) is 1.68. The zero-order valence-electron chi connectivity index (χ0n) is 9.07. The Labute approximate surface area is 80.0 Å². The fourth-order valence-corrected chi connectivity index (χ4v) is 1.68. The first-order valence-corrected chi connectivity index (χ1v) is 4.79. The molecule has 1 aliphatic heterocycles. The summed E-state index contributed by atoms with van der Waals surface area (Å²) in [6.07, 6.45) is -0.540. The molecular weight excluding hydrogens is 168 g/mol. The highest BCUT2D eigenvalue weighted by molar-refractivity contribution is 4.95. The van der Waals surface area contributed by atoms with E-state index >= 15 is 0 Å². The lowest BCUT2D eigenvalue weighted by molar-refractivity contribution is -0.126. The second-order valence-corrected chi connectivity index (χ2v) is 4.42. The molecule has 0 amide bonds. The number of methoxy groups -OCH3 is 1. The molecule has 1 unspecified atom stereocenters. The van der Waals surface area contributed by atoms with Crippen LogP contribution in [0.25, 0.3) is 0 Å². The Balaban J connectivity index is 2.73. The Hall–Kier alpha value is -0.120. The van der Waals surface area contributed by atoms with Crippen LogP contribution in [0.2, 0.25) is 0 Å². The lowest BCUT2D eigenvalue weighted by atomic mass is 9.91. The average molecular weight is 188 g/mol. The van der Waals surface area contributed by atoms with E-state index in [1.807, 2.05) is 27.7 Å². The first kappa shape index (κ1) is 11.0. The van der Waals surface area contributed by atoms with E-state index in [4.69, 9.17) is 9.47 Å². The van der Waals surface area contributed by atoms with Gasteiger partial charge in [-0.3, -0.25) is 0 Å². The minimum Gasteiger partial charge on any atom is -0.390 e. The molecule has 13 heavy (non-hydrogen) atoms. The second-order valence-electron chi connectivity index (χ2n) is 4.42. The Morgan fingerprint density at radius 2 is 1.85 bits per heavy atom. The van der Waals surface area contributed by atoms with Gasteiger partial charge in [0.05, 0.1) is 17.8 Å². The van der Waals surface area contributed by atoms with Crippen molar-refractivity contribution in [2.45, 2.75) is 51.6 Å². The fraction of sp³-hybridized carbons (Fsp3) is 1.00. The maximum absolute atomic E-state index is 9.89. The van der Waals surface area contributed by atoms with Crippen molar-refractivity contribution in [2.24, 2.45) is 5.92 Å². The Morgan fingerprint density at radius 1 is 1.31 bits per heavy atom. The smallest absolute Gasteiger partial charge is 0.112 e. The van der Waals surface area contributed by atoms with Crippen molar-refractivity contribution in [3.05, 3.63) is 0 Å². The molecule has 1 aliphatic rings. The molecule has 78 valence electrons. The minimum absolute atomic E-state index is 0.106. The molecule has 1 rings (SSSR count). The summed E-state index contributed by atoms with van der Waals surface area (Å²) in [6, 6.07) is 0. The molecule has 3 heteroatoms. The molecule has 0 bridgehead atoms. The predicted octanol–water partition coefficient (Wildman–Crippen LogP) is 1.20. The van der Waals surface area contributed by atoms with E-state index in [2.05, 4.69) is 0 Å². The summed E-state index contributed by atoms with van der Waals surface area (Å²) in [6.45, 7) is 7.86. The van der Waals surface area contributed by atoms with Gasteiger partial charge in [-0.2, -0.15) is 0 Å². The van der Waals surface area contributed by atoms with Crippen molar-refractivity contribution in [1.29, 1.82) is 0 Å². The number of hydrogen-bond acceptors (Lipinski definition) is 3. The highest BCUT2D eigenvalue weighted by Crippen LogP contribution is 2.33. The molecule has 4 atom stereocenters. The molecule has 0 aromatic carbocycles. The van der Waals surface area contributed by atoms with E-state index in [0.717, 1.165) is 0 Å². The van der Waals surface area contributed by atoms with Gasteiger partial charge < -0.3 is 14.6 Å². The monoisotopic (exact) mass is 188 g/mol. The lowest BCUT2D eigenvalue weighted by Gasteiger charge is -2.31. The van der Waals surface area contributed by atoms with Gasteiger partial charge >= 0.3 is 0 Å². The van der Waals surface area contributed by atoms with Crippen LogP contribution >= 0.6 is 0 Å². The maximum Gasteiger partial charge on any atom is 0.112 e. The van der Waals surface area contributed by atoms with Crippen LogP contribution in [0.4, 0.5) is 0 Å². The predicted molar refractivity (Wildman–Crippen MR) is 50.6 cm³/mol. The topological polar surface area (TPSA) is 38.7 Å². The highest BCUT2D eigenvalue weighted by Gasteiger charge is 2.46. The molecule has 1 saturated heterocycles. The molecule has 3 nitrogen and oxygen atoms in total. The number of aliphatic hydroxyl groups excluding tert-OH is 1. The molecule has 0 aliphatic carbocycles. The van der Waals surface area contributed by atoms with Crippen molar-refractivity contribution in [1.82, 2.24) is 0 Å². The van der Waals surface area contributed by atoms with Crippen LogP contribution in [0.1, 0.15) is 27.7 Å². The van der Waals surface area contributed by atoms with Gasteiger partial charge in [0.2, 0.25) is 0 Å². The summed E-state index contributed by atoms with van der Waals surface area (Å²) in [4.78, 5) is 0. The van der Waals surface area contributed by atoms with E-state index < -0.39 is 11.7 Å². The maximum atomic E-state index is 9.89. The molecule has 0 aromatic rings. The number of aliphatic hydroxyl groups is 1. The van der Waals surface area contributed by atoms with Crippen LogP contribution in [0.15, 0.2) is 0 Å². The molecule has 0 aromatic heterocycles. The molecule has 1 heterocycles.